The molecule has 0 atom stereocenters. The minimum atomic E-state index is -0.387. The van der Waals surface area contributed by atoms with Crippen molar-refractivity contribution in [3.05, 3.63) is 23.8 Å². The quantitative estimate of drug-likeness (QED) is 0.642. The van der Waals surface area contributed by atoms with E-state index >= 15 is 0 Å². The number of rotatable bonds is 3. The molecule has 7 nitrogen and oxygen atoms in total. The molecule has 0 aliphatic carbocycles. The van der Waals surface area contributed by atoms with Crippen molar-refractivity contribution in [3.63, 3.8) is 0 Å². The topological polar surface area (TPSA) is 87.9 Å². The molecule has 2 saturated heterocycles. The van der Waals surface area contributed by atoms with E-state index in [0.717, 1.165) is 44.7 Å². The van der Waals surface area contributed by atoms with E-state index in [9.17, 15) is 9.59 Å². The lowest BCUT2D eigenvalue weighted by molar-refractivity contribution is 0.0601. The molecule has 2 fully saturated rings. The third kappa shape index (κ3) is 3.04. The number of carbonyl (C=O) groups is 2. The fourth-order valence-electron chi connectivity index (χ4n) is 3.34. The van der Waals surface area contributed by atoms with Crippen LogP contribution in [-0.4, -0.2) is 56.2 Å². The first-order valence-electron chi connectivity index (χ1n) is 7.87. The van der Waals surface area contributed by atoms with Gasteiger partial charge in [-0.3, -0.25) is 0 Å². The van der Waals surface area contributed by atoms with Gasteiger partial charge in [-0.2, -0.15) is 0 Å². The summed E-state index contributed by atoms with van der Waals surface area (Å²) in [4.78, 5) is 27.4. The Labute approximate surface area is 135 Å². The zero-order valence-electron chi connectivity index (χ0n) is 13.2. The average Bonchev–Trinajstić information content (AvgIpc) is 3.00. The normalized spacial score (nSPS) is 18.9. The summed E-state index contributed by atoms with van der Waals surface area (Å²) in [6.45, 7) is 3.22. The summed E-state index contributed by atoms with van der Waals surface area (Å²) >= 11 is 0. The van der Waals surface area contributed by atoms with Crippen LogP contribution in [0, 0.1) is 0 Å². The molecule has 124 valence electrons. The number of nitrogens with two attached hydrogens (primary N) is 1. The van der Waals surface area contributed by atoms with Crippen molar-refractivity contribution in [1.82, 2.24) is 10.2 Å². The number of hydrogen-bond acceptors (Lipinski definition) is 5. The Bertz CT molecular complexity index is 611. The van der Waals surface area contributed by atoms with Crippen LogP contribution in [0.25, 0.3) is 0 Å². The second kappa shape index (κ2) is 6.36. The Balaban J connectivity index is 1.65. The largest absolute Gasteiger partial charge is 0.465 e. The van der Waals surface area contributed by atoms with Crippen LogP contribution >= 0.6 is 0 Å². The molecule has 2 aliphatic rings. The van der Waals surface area contributed by atoms with Crippen molar-refractivity contribution in [2.45, 2.75) is 18.9 Å². The number of amides is 2. The maximum atomic E-state index is 11.7. The van der Waals surface area contributed by atoms with E-state index in [1.54, 1.807) is 12.1 Å². The summed E-state index contributed by atoms with van der Waals surface area (Å²) in [6.07, 6.45) is 1.84. The lowest BCUT2D eigenvalue weighted by Gasteiger charge is -2.37. The predicted molar refractivity (Wildman–Crippen MR) is 87.5 cm³/mol. The van der Waals surface area contributed by atoms with Crippen LogP contribution in [0.15, 0.2) is 18.2 Å². The number of nitrogens with one attached hydrogen (secondary N) is 1. The van der Waals surface area contributed by atoms with Crippen molar-refractivity contribution in [2.24, 2.45) is 0 Å². The molecule has 7 heteroatoms. The number of anilines is 2. The number of hydrogen-bond donors (Lipinski definition) is 2. The van der Waals surface area contributed by atoms with E-state index < -0.39 is 0 Å². The van der Waals surface area contributed by atoms with Crippen LogP contribution in [0.2, 0.25) is 0 Å². The molecule has 2 amide bonds. The number of urea groups is 1. The second-order valence-electron chi connectivity index (χ2n) is 5.91. The molecule has 0 saturated carbocycles. The van der Waals surface area contributed by atoms with E-state index in [1.165, 1.54) is 7.11 Å². The first-order chi connectivity index (χ1) is 11.1. The summed E-state index contributed by atoms with van der Waals surface area (Å²) in [5, 5.41) is 2.85. The van der Waals surface area contributed by atoms with Crippen LogP contribution in [0.1, 0.15) is 23.2 Å². The van der Waals surface area contributed by atoms with Gasteiger partial charge in [-0.25, -0.2) is 9.59 Å². The third-order valence-corrected chi connectivity index (χ3v) is 4.58. The molecule has 0 bridgehead atoms. The highest BCUT2D eigenvalue weighted by atomic mass is 16.5. The molecular weight excluding hydrogens is 296 g/mol. The second-order valence-corrected chi connectivity index (χ2v) is 5.91. The Hall–Kier alpha value is -2.44. The molecule has 0 radical (unpaired) electrons. The Morgan fingerprint density at radius 2 is 2.04 bits per heavy atom. The lowest BCUT2D eigenvalue weighted by atomic mass is 10.0. The molecule has 3 rings (SSSR count). The van der Waals surface area contributed by atoms with E-state index in [0.29, 0.717) is 17.3 Å². The SMILES string of the molecule is COC(=O)c1ccc(N2CCC(N3CCNC3=O)CC2)c(N)c1. The van der Waals surface area contributed by atoms with Gasteiger partial charge in [-0.1, -0.05) is 0 Å². The number of benzene rings is 1. The van der Waals surface area contributed by atoms with Gasteiger partial charge in [0.1, 0.15) is 0 Å². The summed E-state index contributed by atoms with van der Waals surface area (Å²) in [5.41, 5.74) is 8.06. The highest BCUT2D eigenvalue weighted by Gasteiger charge is 2.31. The van der Waals surface area contributed by atoms with Crippen molar-refractivity contribution in [3.8, 4) is 0 Å². The Kier molecular flexibility index (Phi) is 4.27. The maximum Gasteiger partial charge on any atom is 0.337 e. The third-order valence-electron chi connectivity index (χ3n) is 4.58. The zero-order valence-corrected chi connectivity index (χ0v) is 13.2. The van der Waals surface area contributed by atoms with Gasteiger partial charge in [0.25, 0.3) is 0 Å². The zero-order chi connectivity index (χ0) is 16.4. The molecule has 0 spiro atoms. The number of ether oxygens (including phenoxy) is 1. The molecule has 1 aromatic rings. The van der Waals surface area contributed by atoms with Gasteiger partial charge in [-0.05, 0) is 31.0 Å². The predicted octanol–water partition coefficient (Wildman–Crippen LogP) is 1.05. The number of esters is 1. The summed E-state index contributed by atoms with van der Waals surface area (Å²) in [5.74, 6) is -0.387. The molecule has 0 aromatic heterocycles. The van der Waals surface area contributed by atoms with Gasteiger partial charge in [-0.15, -0.1) is 0 Å². The fraction of sp³-hybridized carbons (Fsp3) is 0.500. The fourth-order valence-corrected chi connectivity index (χ4v) is 3.34. The van der Waals surface area contributed by atoms with E-state index in [4.69, 9.17) is 10.5 Å². The van der Waals surface area contributed by atoms with Gasteiger partial charge in [0, 0.05) is 32.2 Å². The Morgan fingerprint density at radius 1 is 1.30 bits per heavy atom. The van der Waals surface area contributed by atoms with Crippen molar-refractivity contribution >= 4 is 23.4 Å². The number of nitrogens with zero attached hydrogens (tertiary/aromatic N) is 2. The van der Waals surface area contributed by atoms with Crippen LogP contribution in [0.5, 0.6) is 0 Å². The van der Waals surface area contributed by atoms with E-state index in [2.05, 4.69) is 10.2 Å². The van der Waals surface area contributed by atoms with Crippen molar-refractivity contribution < 1.29 is 14.3 Å². The first kappa shape index (κ1) is 15.5. The highest BCUT2D eigenvalue weighted by Crippen LogP contribution is 2.29. The molecule has 1 aromatic carbocycles. The minimum absolute atomic E-state index is 0.0467. The highest BCUT2D eigenvalue weighted by molar-refractivity contribution is 5.92. The number of methoxy groups -OCH3 is 1. The molecule has 3 N–H and O–H groups in total. The standard InChI is InChI=1S/C16H22N4O3/c1-23-15(21)11-2-3-14(13(17)10-11)19-7-4-12(5-8-19)20-9-6-18-16(20)22/h2-3,10,12H,4-9,17H2,1H3,(H,18,22). The van der Waals surface area contributed by atoms with Crippen molar-refractivity contribution in [1.29, 1.82) is 0 Å². The molecule has 2 aliphatic heterocycles. The van der Waals surface area contributed by atoms with Crippen LogP contribution in [0.3, 0.4) is 0 Å². The van der Waals surface area contributed by atoms with Crippen LogP contribution < -0.4 is 16.0 Å². The van der Waals surface area contributed by atoms with Gasteiger partial charge < -0.3 is 25.6 Å². The summed E-state index contributed by atoms with van der Waals surface area (Å²) in [7, 11) is 1.35. The monoisotopic (exact) mass is 318 g/mol. The molecule has 0 unspecified atom stereocenters. The molecule has 23 heavy (non-hydrogen) atoms. The maximum absolute atomic E-state index is 11.7. The van der Waals surface area contributed by atoms with Gasteiger partial charge >= 0.3 is 12.0 Å². The average molecular weight is 318 g/mol. The van der Waals surface area contributed by atoms with E-state index in [1.807, 2.05) is 11.0 Å². The summed E-state index contributed by atoms with van der Waals surface area (Å²) in [6, 6.07) is 5.60. The Morgan fingerprint density at radius 3 is 2.61 bits per heavy atom. The van der Waals surface area contributed by atoms with Crippen LogP contribution in [-0.2, 0) is 4.74 Å². The van der Waals surface area contributed by atoms with Gasteiger partial charge in [0.2, 0.25) is 0 Å². The van der Waals surface area contributed by atoms with Crippen LogP contribution in [0.4, 0.5) is 16.2 Å². The summed E-state index contributed by atoms with van der Waals surface area (Å²) < 4.78 is 4.71. The molecular formula is C16H22N4O3. The minimum Gasteiger partial charge on any atom is -0.465 e. The molecule has 2 heterocycles. The van der Waals surface area contributed by atoms with Gasteiger partial charge in [0.05, 0.1) is 24.0 Å². The lowest BCUT2D eigenvalue weighted by Crippen LogP contribution is -2.46. The number of carbonyl (C=O) groups excluding carboxylic acids is 2. The smallest absolute Gasteiger partial charge is 0.337 e. The van der Waals surface area contributed by atoms with Gasteiger partial charge in [0.15, 0.2) is 0 Å². The number of nitrogen functional groups attached to an aromatic ring is 1. The number of piperidine rings is 1. The van der Waals surface area contributed by atoms with Crippen molar-refractivity contribution in [2.75, 3.05) is 43.9 Å². The first-order valence-corrected chi connectivity index (χ1v) is 7.87. The van der Waals surface area contributed by atoms with E-state index in [-0.39, 0.29) is 12.0 Å².